The number of nitrogens with zero attached hydrogens (tertiary/aromatic N) is 2. The van der Waals surface area contributed by atoms with Crippen molar-refractivity contribution in [3.8, 4) is 5.69 Å². The Morgan fingerprint density at radius 2 is 1.80 bits per heavy atom. The van der Waals surface area contributed by atoms with E-state index >= 15 is 0 Å². The molecule has 2 aromatic rings. The molecular weight excluding hydrogens is 264 g/mol. The summed E-state index contributed by atoms with van der Waals surface area (Å²) < 4.78 is 8.09. The molecule has 3 nitrogen and oxygen atoms in total. The summed E-state index contributed by atoms with van der Waals surface area (Å²) in [4.78, 5) is 0. The number of hydrogen-bond acceptors (Lipinski definition) is 2. The van der Waals surface area contributed by atoms with Crippen molar-refractivity contribution in [3.05, 3.63) is 48.3 Å². The number of benzene rings is 1. The van der Waals surface area contributed by atoms with Crippen LogP contribution in [0.1, 0.15) is 26.3 Å². The van der Waals surface area contributed by atoms with Crippen LogP contribution in [0.5, 0.6) is 0 Å². The molecule has 0 saturated carbocycles. The van der Waals surface area contributed by atoms with Crippen LogP contribution in [0.25, 0.3) is 5.69 Å². The molecule has 1 heterocycles. The quantitative estimate of drug-likeness (QED) is 0.780. The molecule has 2 rings (SSSR count). The van der Waals surface area contributed by atoms with Gasteiger partial charge in [0.05, 0.1) is 12.3 Å². The van der Waals surface area contributed by atoms with Gasteiger partial charge >= 0.3 is 0 Å². The van der Waals surface area contributed by atoms with E-state index in [2.05, 4.69) is 63.2 Å². The number of aromatic nitrogens is 2. The average molecular weight is 288 g/mol. The van der Waals surface area contributed by atoms with E-state index in [4.69, 9.17) is 4.43 Å². The fourth-order valence-electron chi connectivity index (χ4n) is 1.65. The van der Waals surface area contributed by atoms with Crippen molar-refractivity contribution >= 4 is 8.32 Å². The molecule has 0 bridgehead atoms. The highest BCUT2D eigenvalue weighted by Gasteiger charge is 2.36. The second-order valence-electron chi connectivity index (χ2n) is 6.67. The van der Waals surface area contributed by atoms with Gasteiger partial charge in [-0.05, 0) is 41.9 Å². The maximum absolute atomic E-state index is 6.23. The van der Waals surface area contributed by atoms with Crippen LogP contribution < -0.4 is 0 Å². The zero-order valence-electron chi connectivity index (χ0n) is 13.1. The van der Waals surface area contributed by atoms with Gasteiger partial charge in [-0.15, -0.1) is 0 Å². The number of rotatable bonds is 4. The van der Waals surface area contributed by atoms with Crippen molar-refractivity contribution in [3.63, 3.8) is 0 Å². The van der Waals surface area contributed by atoms with Crippen LogP contribution in [-0.2, 0) is 11.0 Å². The molecule has 4 heteroatoms. The molecule has 0 atom stereocenters. The number of hydrogen-bond donors (Lipinski definition) is 0. The minimum Gasteiger partial charge on any atom is -0.413 e. The van der Waals surface area contributed by atoms with Crippen molar-refractivity contribution in [1.82, 2.24) is 9.78 Å². The molecule has 1 aromatic heterocycles. The van der Waals surface area contributed by atoms with Crippen LogP contribution in [0, 0.1) is 0 Å². The standard InChI is InChI=1S/C16H24N2OSi/c1-16(2,3)20(4,5)19-13-14-7-9-15(10-8-14)18-12-6-11-17-18/h6-12H,13H2,1-5H3. The van der Waals surface area contributed by atoms with Crippen LogP contribution in [-0.4, -0.2) is 18.1 Å². The van der Waals surface area contributed by atoms with Crippen molar-refractivity contribution in [1.29, 1.82) is 0 Å². The average Bonchev–Trinajstić information content (AvgIpc) is 2.89. The molecule has 0 spiro atoms. The van der Waals surface area contributed by atoms with Gasteiger partial charge in [-0.2, -0.15) is 5.10 Å². The molecule has 0 amide bonds. The van der Waals surface area contributed by atoms with E-state index in [1.165, 1.54) is 5.56 Å². The molecule has 0 fully saturated rings. The first-order chi connectivity index (χ1) is 9.29. The van der Waals surface area contributed by atoms with E-state index in [1.807, 2.05) is 16.9 Å². The van der Waals surface area contributed by atoms with Gasteiger partial charge < -0.3 is 4.43 Å². The zero-order chi connectivity index (χ0) is 14.8. The lowest BCUT2D eigenvalue weighted by Gasteiger charge is -2.36. The fraction of sp³-hybridized carbons (Fsp3) is 0.438. The third-order valence-corrected chi connectivity index (χ3v) is 8.59. The van der Waals surface area contributed by atoms with Crippen molar-refractivity contribution < 1.29 is 4.43 Å². The molecule has 0 aliphatic rings. The lowest BCUT2D eigenvalue weighted by Crippen LogP contribution is -2.40. The Morgan fingerprint density at radius 1 is 1.15 bits per heavy atom. The first-order valence-corrected chi connectivity index (χ1v) is 9.93. The van der Waals surface area contributed by atoms with Gasteiger partial charge in [-0.1, -0.05) is 32.9 Å². The van der Waals surface area contributed by atoms with Gasteiger partial charge in [0, 0.05) is 12.4 Å². The molecule has 0 N–H and O–H groups in total. The molecule has 0 aliphatic heterocycles. The molecule has 108 valence electrons. The third kappa shape index (κ3) is 3.38. The minimum atomic E-state index is -1.67. The van der Waals surface area contributed by atoms with Gasteiger partial charge in [-0.25, -0.2) is 4.68 Å². The summed E-state index contributed by atoms with van der Waals surface area (Å²) in [6, 6.07) is 10.3. The van der Waals surface area contributed by atoms with Crippen molar-refractivity contribution in [2.45, 2.75) is 45.5 Å². The molecule has 20 heavy (non-hydrogen) atoms. The second kappa shape index (κ2) is 5.54. The maximum Gasteiger partial charge on any atom is 0.192 e. The van der Waals surface area contributed by atoms with Gasteiger partial charge in [0.15, 0.2) is 8.32 Å². The lowest BCUT2D eigenvalue weighted by atomic mass is 10.2. The zero-order valence-corrected chi connectivity index (χ0v) is 14.1. The predicted molar refractivity (Wildman–Crippen MR) is 85.6 cm³/mol. The Labute approximate surface area is 122 Å². The van der Waals surface area contributed by atoms with Gasteiger partial charge in [0.1, 0.15) is 0 Å². The highest BCUT2D eigenvalue weighted by atomic mass is 28.4. The Bertz CT molecular complexity index is 539. The molecule has 0 saturated heterocycles. The molecular formula is C16H24N2OSi. The summed E-state index contributed by atoms with van der Waals surface area (Å²) in [6.45, 7) is 12.0. The fourth-order valence-corrected chi connectivity index (χ4v) is 2.61. The van der Waals surface area contributed by atoms with Crippen LogP contribution in [0.15, 0.2) is 42.7 Å². The van der Waals surface area contributed by atoms with E-state index in [1.54, 1.807) is 6.20 Å². The topological polar surface area (TPSA) is 27.1 Å². The summed E-state index contributed by atoms with van der Waals surface area (Å²) in [5.41, 5.74) is 2.29. The van der Waals surface area contributed by atoms with Gasteiger partial charge in [0.2, 0.25) is 0 Å². The highest BCUT2D eigenvalue weighted by Crippen LogP contribution is 2.37. The first kappa shape index (κ1) is 15.0. The molecule has 0 aliphatic carbocycles. The van der Waals surface area contributed by atoms with E-state index in [-0.39, 0.29) is 5.04 Å². The molecule has 0 radical (unpaired) electrons. The Hall–Kier alpha value is -1.39. The van der Waals surface area contributed by atoms with E-state index in [9.17, 15) is 0 Å². The Balaban J connectivity index is 2.02. The monoisotopic (exact) mass is 288 g/mol. The SMILES string of the molecule is CC(C)(C)[Si](C)(C)OCc1ccc(-n2cccn2)cc1. The summed E-state index contributed by atoms with van der Waals surface area (Å²) in [5, 5.41) is 4.48. The maximum atomic E-state index is 6.23. The van der Waals surface area contributed by atoms with Crippen LogP contribution >= 0.6 is 0 Å². The summed E-state index contributed by atoms with van der Waals surface area (Å²) in [5.74, 6) is 0. The highest BCUT2D eigenvalue weighted by molar-refractivity contribution is 6.74. The largest absolute Gasteiger partial charge is 0.413 e. The van der Waals surface area contributed by atoms with E-state index in [0.717, 1.165) is 5.69 Å². The second-order valence-corrected chi connectivity index (χ2v) is 11.5. The van der Waals surface area contributed by atoms with Gasteiger partial charge in [0.25, 0.3) is 0 Å². The summed E-state index contributed by atoms with van der Waals surface area (Å²) in [6.07, 6.45) is 3.73. The van der Waals surface area contributed by atoms with Crippen LogP contribution in [0.4, 0.5) is 0 Å². The first-order valence-electron chi connectivity index (χ1n) is 7.02. The normalized spacial score (nSPS) is 12.7. The van der Waals surface area contributed by atoms with Gasteiger partial charge in [-0.3, -0.25) is 0 Å². The molecule has 1 aromatic carbocycles. The Kier molecular flexibility index (Phi) is 4.16. The van der Waals surface area contributed by atoms with E-state index < -0.39 is 8.32 Å². The summed E-state index contributed by atoms with van der Waals surface area (Å²) in [7, 11) is -1.67. The minimum absolute atomic E-state index is 0.252. The van der Waals surface area contributed by atoms with Crippen LogP contribution in [0.3, 0.4) is 0 Å². The van der Waals surface area contributed by atoms with E-state index in [0.29, 0.717) is 6.61 Å². The third-order valence-electron chi connectivity index (χ3n) is 4.11. The summed E-state index contributed by atoms with van der Waals surface area (Å²) >= 11 is 0. The predicted octanol–water partition coefficient (Wildman–Crippen LogP) is 4.39. The van der Waals surface area contributed by atoms with Crippen molar-refractivity contribution in [2.75, 3.05) is 0 Å². The van der Waals surface area contributed by atoms with Crippen LogP contribution in [0.2, 0.25) is 18.1 Å². The smallest absolute Gasteiger partial charge is 0.192 e. The van der Waals surface area contributed by atoms with Crippen molar-refractivity contribution in [2.24, 2.45) is 0 Å². The molecule has 0 unspecified atom stereocenters. The lowest BCUT2D eigenvalue weighted by molar-refractivity contribution is 0.276. The Morgan fingerprint density at radius 3 is 2.30 bits per heavy atom.